The van der Waals surface area contributed by atoms with Crippen molar-refractivity contribution in [3.8, 4) is 0 Å². The number of rotatable bonds is 10. The van der Waals surface area contributed by atoms with Gasteiger partial charge in [0.2, 0.25) is 0 Å². The SMILES string of the molecule is CCNC(=NCC(c1cccs1)N(C)C)N1CCC(OCCCOC)CC1. The number of methoxy groups -OCH3 is 1. The molecule has 154 valence electrons. The first-order chi connectivity index (χ1) is 13.2. The van der Waals surface area contributed by atoms with Crippen molar-refractivity contribution in [2.24, 2.45) is 4.99 Å². The number of nitrogens with zero attached hydrogens (tertiary/aromatic N) is 3. The van der Waals surface area contributed by atoms with Crippen molar-refractivity contribution in [3.63, 3.8) is 0 Å². The van der Waals surface area contributed by atoms with Crippen LogP contribution in [-0.4, -0.2) is 82.5 Å². The van der Waals surface area contributed by atoms with Crippen LogP contribution in [0.15, 0.2) is 22.5 Å². The van der Waals surface area contributed by atoms with E-state index in [1.807, 2.05) is 0 Å². The van der Waals surface area contributed by atoms with Gasteiger partial charge in [-0.1, -0.05) is 6.07 Å². The highest BCUT2D eigenvalue weighted by Crippen LogP contribution is 2.23. The Labute approximate surface area is 168 Å². The minimum Gasteiger partial charge on any atom is -0.385 e. The quantitative estimate of drug-likeness (QED) is 0.374. The smallest absolute Gasteiger partial charge is 0.193 e. The summed E-state index contributed by atoms with van der Waals surface area (Å²) in [6, 6.07) is 4.63. The van der Waals surface area contributed by atoms with Crippen LogP contribution < -0.4 is 5.32 Å². The molecule has 0 saturated carbocycles. The van der Waals surface area contributed by atoms with Crippen LogP contribution in [0, 0.1) is 0 Å². The van der Waals surface area contributed by atoms with E-state index in [0.717, 1.165) is 64.6 Å². The Kier molecular flexibility index (Phi) is 10.1. The fraction of sp³-hybridized carbons (Fsp3) is 0.750. The van der Waals surface area contributed by atoms with Crippen molar-refractivity contribution in [2.75, 3.05) is 60.6 Å². The predicted molar refractivity (Wildman–Crippen MR) is 114 cm³/mol. The zero-order valence-electron chi connectivity index (χ0n) is 17.3. The first-order valence-corrected chi connectivity index (χ1v) is 10.9. The second-order valence-electron chi connectivity index (χ2n) is 7.09. The maximum atomic E-state index is 5.98. The summed E-state index contributed by atoms with van der Waals surface area (Å²) < 4.78 is 11.1. The summed E-state index contributed by atoms with van der Waals surface area (Å²) in [5.74, 6) is 1.03. The molecule has 1 N–H and O–H groups in total. The Balaban J connectivity index is 1.88. The number of aliphatic imine (C=N–C) groups is 1. The lowest BCUT2D eigenvalue weighted by Crippen LogP contribution is -2.47. The van der Waals surface area contributed by atoms with E-state index in [9.17, 15) is 0 Å². The third-order valence-corrected chi connectivity index (χ3v) is 5.81. The van der Waals surface area contributed by atoms with E-state index in [4.69, 9.17) is 14.5 Å². The summed E-state index contributed by atoms with van der Waals surface area (Å²) in [4.78, 5) is 11.0. The third kappa shape index (κ3) is 7.41. The summed E-state index contributed by atoms with van der Waals surface area (Å²) in [6.07, 6.45) is 3.44. The molecule has 0 aliphatic carbocycles. The van der Waals surface area contributed by atoms with Gasteiger partial charge in [-0.3, -0.25) is 4.99 Å². The van der Waals surface area contributed by atoms with Crippen LogP contribution in [-0.2, 0) is 9.47 Å². The molecule has 2 rings (SSSR count). The molecular formula is C20H36N4O2S. The average Bonchev–Trinajstić information content (AvgIpc) is 3.19. The number of likely N-dealkylation sites (tertiary alicyclic amines) is 1. The van der Waals surface area contributed by atoms with Crippen LogP contribution in [0.4, 0.5) is 0 Å². The fourth-order valence-corrected chi connectivity index (χ4v) is 4.19. The second kappa shape index (κ2) is 12.3. The van der Waals surface area contributed by atoms with Gasteiger partial charge in [-0.2, -0.15) is 0 Å². The van der Waals surface area contributed by atoms with Gasteiger partial charge in [0.25, 0.3) is 0 Å². The van der Waals surface area contributed by atoms with Crippen LogP contribution in [0.5, 0.6) is 0 Å². The summed E-state index contributed by atoms with van der Waals surface area (Å²) in [6.45, 7) is 7.33. The molecule has 0 bridgehead atoms. The lowest BCUT2D eigenvalue weighted by atomic mass is 10.1. The molecule has 0 radical (unpaired) electrons. The van der Waals surface area contributed by atoms with Crippen LogP contribution >= 0.6 is 11.3 Å². The number of nitrogens with one attached hydrogen (secondary N) is 1. The summed E-state index contributed by atoms with van der Waals surface area (Å²) in [5.41, 5.74) is 0. The van der Waals surface area contributed by atoms with E-state index < -0.39 is 0 Å². The minimum atomic E-state index is 0.320. The number of hydrogen-bond donors (Lipinski definition) is 1. The van der Waals surface area contributed by atoms with Gasteiger partial charge < -0.3 is 24.6 Å². The van der Waals surface area contributed by atoms with Crippen molar-refractivity contribution in [3.05, 3.63) is 22.4 Å². The number of thiophene rings is 1. The Morgan fingerprint density at radius 1 is 1.37 bits per heavy atom. The van der Waals surface area contributed by atoms with Crippen molar-refractivity contribution >= 4 is 17.3 Å². The van der Waals surface area contributed by atoms with Crippen molar-refractivity contribution in [1.29, 1.82) is 0 Å². The molecule has 7 heteroatoms. The Morgan fingerprint density at radius 2 is 2.15 bits per heavy atom. The molecule has 1 fully saturated rings. The van der Waals surface area contributed by atoms with Crippen LogP contribution in [0.1, 0.15) is 37.1 Å². The van der Waals surface area contributed by atoms with Gasteiger partial charge in [0.15, 0.2) is 5.96 Å². The molecule has 27 heavy (non-hydrogen) atoms. The summed E-state index contributed by atoms with van der Waals surface area (Å²) >= 11 is 1.80. The number of ether oxygens (including phenoxy) is 2. The monoisotopic (exact) mass is 396 g/mol. The largest absolute Gasteiger partial charge is 0.385 e. The highest BCUT2D eigenvalue weighted by Gasteiger charge is 2.22. The summed E-state index contributed by atoms with van der Waals surface area (Å²) in [7, 11) is 5.98. The van der Waals surface area contributed by atoms with Gasteiger partial charge in [-0.25, -0.2) is 0 Å². The molecule has 1 saturated heterocycles. The first kappa shape index (κ1) is 22.1. The molecule has 1 aromatic heterocycles. The topological polar surface area (TPSA) is 49.3 Å². The maximum absolute atomic E-state index is 5.98. The predicted octanol–water partition coefficient (Wildman–Crippen LogP) is 2.83. The lowest BCUT2D eigenvalue weighted by Gasteiger charge is -2.34. The maximum Gasteiger partial charge on any atom is 0.193 e. The van der Waals surface area contributed by atoms with E-state index in [1.165, 1.54) is 4.88 Å². The molecule has 1 atom stereocenters. The lowest BCUT2D eigenvalue weighted by molar-refractivity contribution is 0.00989. The van der Waals surface area contributed by atoms with Gasteiger partial charge in [0, 0.05) is 44.8 Å². The summed E-state index contributed by atoms with van der Waals surface area (Å²) in [5, 5.41) is 5.61. The van der Waals surface area contributed by atoms with Crippen LogP contribution in [0.25, 0.3) is 0 Å². The van der Waals surface area contributed by atoms with Crippen LogP contribution in [0.3, 0.4) is 0 Å². The Morgan fingerprint density at radius 3 is 2.74 bits per heavy atom. The Bertz CT molecular complexity index is 528. The molecule has 1 aliphatic rings. The molecular weight excluding hydrogens is 360 g/mol. The number of hydrogen-bond acceptors (Lipinski definition) is 5. The van der Waals surface area contributed by atoms with E-state index in [1.54, 1.807) is 18.4 Å². The third-order valence-electron chi connectivity index (χ3n) is 4.83. The molecule has 0 amide bonds. The fourth-order valence-electron chi connectivity index (χ4n) is 3.27. The van der Waals surface area contributed by atoms with Gasteiger partial charge in [0.05, 0.1) is 18.7 Å². The van der Waals surface area contributed by atoms with Gasteiger partial charge >= 0.3 is 0 Å². The van der Waals surface area contributed by atoms with Crippen molar-refractivity contribution in [2.45, 2.75) is 38.3 Å². The van der Waals surface area contributed by atoms with Gasteiger partial charge in [-0.15, -0.1) is 11.3 Å². The van der Waals surface area contributed by atoms with Gasteiger partial charge in [0.1, 0.15) is 0 Å². The minimum absolute atomic E-state index is 0.320. The molecule has 0 spiro atoms. The van der Waals surface area contributed by atoms with E-state index in [2.05, 4.69) is 53.6 Å². The normalized spacial score (nSPS) is 17.5. The Hall–Kier alpha value is -1.15. The first-order valence-electron chi connectivity index (χ1n) is 9.99. The highest BCUT2D eigenvalue weighted by atomic mass is 32.1. The van der Waals surface area contributed by atoms with Crippen molar-refractivity contribution in [1.82, 2.24) is 15.1 Å². The molecule has 1 aromatic rings. The molecule has 1 unspecified atom stereocenters. The van der Waals surface area contributed by atoms with E-state index in [-0.39, 0.29) is 0 Å². The molecule has 0 aromatic carbocycles. The molecule has 2 heterocycles. The number of guanidine groups is 1. The molecule has 6 nitrogen and oxygen atoms in total. The van der Waals surface area contributed by atoms with E-state index >= 15 is 0 Å². The highest BCUT2D eigenvalue weighted by molar-refractivity contribution is 7.10. The zero-order chi connectivity index (χ0) is 19.5. The van der Waals surface area contributed by atoms with E-state index in [0.29, 0.717) is 12.1 Å². The van der Waals surface area contributed by atoms with Crippen LogP contribution in [0.2, 0.25) is 0 Å². The average molecular weight is 397 g/mol. The number of likely N-dealkylation sites (N-methyl/N-ethyl adjacent to an activating group) is 1. The van der Waals surface area contributed by atoms with Crippen molar-refractivity contribution < 1.29 is 9.47 Å². The van der Waals surface area contributed by atoms with Gasteiger partial charge in [-0.05, 0) is 51.7 Å². The number of piperidine rings is 1. The molecule has 1 aliphatic heterocycles. The standard InChI is InChI=1S/C20H36N4O2S/c1-5-21-20(22-16-18(23(2)3)19-8-6-15-27-19)24-11-9-17(10-12-24)26-14-7-13-25-4/h6,8,15,17-18H,5,7,9-14,16H2,1-4H3,(H,21,22). The zero-order valence-corrected chi connectivity index (χ0v) is 18.1. The second-order valence-corrected chi connectivity index (χ2v) is 8.07.